The number of amides is 1. The first-order valence-corrected chi connectivity index (χ1v) is 7.83. The minimum Gasteiger partial charge on any atom is -0.396 e. The third-order valence-electron chi connectivity index (χ3n) is 2.87. The van der Waals surface area contributed by atoms with Crippen LogP contribution in [0.1, 0.15) is 26.2 Å². The van der Waals surface area contributed by atoms with E-state index in [4.69, 9.17) is 5.11 Å². The summed E-state index contributed by atoms with van der Waals surface area (Å²) in [5.41, 5.74) is 0. The third-order valence-corrected chi connectivity index (χ3v) is 3.97. The van der Waals surface area contributed by atoms with Gasteiger partial charge in [-0.05, 0) is 37.7 Å². The molecular weight excluding hydrogens is 258 g/mol. The van der Waals surface area contributed by atoms with E-state index < -0.39 is 0 Å². The molecule has 1 N–H and O–H groups in total. The summed E-state index contributed by atoms with van der Waals surface area (Å²) in [5, 5.41) is 8.79. The van der Waals surface area contributed by atoms with Gasteiger partial charge in [0, 0.05) is 31.0 Å². The average molecular weight is 281 g/mol. The minimum atomic E-state index is 0.146. The quantitative estimate of drug-likeness (QED) is 0.559. The van der Waals surface area contributed by atoms with Crippen LogP contribution in [0.5, 0.6) is 0 Å². The summed E-state index contributed by atoms with van der Waals surface area (Å²) in [6, 6.07) is 10.2. The molecule has 0 radical (unpaired) electrons. The molecule has 0 unspecified atom stereocenters. The van der Waals surface area contributed by atoms with Crippen LogP contribution in [0.2, 0.25) is 0 Å². The Morgan fingerprint density at radius 1 is 1.26 bits per heavy atom. The fourth-order valence-electron chi connectivity index (χ4n) is 1.81. The van der Waals surface area contributed by atoms with E-state index in [1.807, 2.05) is 30.0 Å². The van der Waals surface area contributed by atoms with Gasteiger partial charge in [0.05, 0.1) is 0 Å². The number of carbonyl (C=O) groups excluding carboxylic acids is 1. The molecule has 106 valence electrons. The molecule has 0 saturated heterocycles. The van der Waals surface area contributed by atoms with Gasteiger partial charge in [-0.3, -0.25) is 4.79 Å². The van der Waals surface area contributed by atoms with Crippen molar-refractivity contribution in [2.75, 3.05) is 25.4 Å². The molecule has 0 fully saturated rings. The molecule has 0 aliphatic rings. The highest BCUT2D eigenvalue weighted by atomic mass is 32.2. The molecule has 0 aliphatic carbocycles. The van der Waals surface area contributed by atoms with Gasteiger partial charge >= 0.3 is 0 Å². The molecule has 1 amide bonds. The summed E-state index contributed by atoms with van der Waals surface area (Å²) in [4.78, 5) is 15.0. The van der Waals surface area contributed by atoms with Crippen LogP contribution in [0.25, 0.3) is 0 Å². The molecule has 0 saturated carbocycles. The highest BCUT2D eigenvalue weighted by Crippen LogP contribution is 2.18. The van der Waals surface area contributed by atoms with Crippen LogP contribution in [-0.4, -0.2) is 41.4 Å². The van der Waals surface area contributed by atoms with E-state index in [2.05, 4.69) is 12.1 Å². The number of thioether (sulfide) groups is 1. The van der Waals surface area contributed by atoms with E-state index in [0.717, 1.165) is 18.7 Å². The molecule has 0 aromatic heterocycles. The lowest BCUT2D eigenvalue weighted by Gasteiger charge is -2.20. The number of aliphatic hydroxyl groups is 1. The van der Waals surface area contributed by atoms with Crippen molar-refractivity contribution in [2.45, 2.75) is 31.1 Å². The van der Waals surface area contributed by atoms with E-state index in [1.165, 1.54) is 4.90 Å². The van der Waals surface area contributed by atoms with Gasteiger partial charge in [-0.1, -0.05) is 18.2 Å². The van der Waals surface area contributed by atoms with Crippen LogP contribution < -0.4 is 0 Å². The Morgan fingerprint density at radius 3 is 2.63 bits per heavy atom. The molecular formula is C15H23NO2S. The second-order valence-corrected chi connectivity index (χ2v) is 5.48. The van der Waals surface area contributed by atoms with Crippen LogP contribution in [-0.2, 0) is 4.79 Å². The average Bonchev–Trinajstić information content (AvgIpc) is 2.45. The third kappa shape index (κ3) is 6.64. The number of aliphatic hydroxyl groups excluding tert-OH is 1. The highest BCUT2D eigenvalue weighted by Gasteiger charge is 2.10. The summed E-state index contributed by atoms with van der Waals surface area (Å²) in [5.74, 6) is 1.16. The fourth-order valence-corrected chi connectivity index (χ4v) is 2.68. The Bertz CT molecular complexity index is 356. The summed E-state index contributed by atoms with van der Waals surface area (Å²) in [6.45, 7) is 3.52. The number of hydrogen-bond donors (Lipinski definition) is 1. The Balaban J connectivity index is 2.19. The Labute approximate surface area is 120 Å². The molecule has 0 atom stereocenters. The van der Waals surface area contributed by atoms with Crippen molar-refractivity contribution >= 4 is 17.7 Å². The van der Waals surface area contributed by atoms with E-state index in [0.29, 0.717) is 19.4 Å². The zero-order valence-electron chi connectivity index (χ0n) is 11.5. The maximum atomic E-state index is 11.9. The van der Waals surface area contributed by atoms with E-state index in [1.54, 1.807) is 11.8 Å². The SMILES string of the molecule is CCN(CCCO)C(=O)CCCSc1ccccc1. The zero-order valence-corrected chi connectivity index (χ0v) is 12.4. The van der Waals surface area contributed by atoms with Crippen LogP contribution >= 0.6 is 11.8 Å². The van der Waals surface area contributed by atoms with Gasteiger partial charge in [0.15, 0.2) is 0 Å². The van der Waals surface area contributed by atoms with Gasteiger partial charge in [0.2, 0.25) is 5.91 Å². The summed E-state index contributed by atoms with van der Waals surface area (Å²) < 4.78 is 0. The molecule has 3 nitrogen and oxygen atoms in total. The second kappa shape index (κ2) is 9.87. The van der Waals surface area contributed by atoms with Gasteiger partial charge in [0.1, 0.15) is 0 Å². The summed E-state index contributed by atoms with van der Waals surface area (Å²) in [7, 11) is 0. The smallest absolute Gasteiger partial charge is 0.222 e. The van der Waals surface area contributed by atoms with E-state index in [9.17, 15) is 4.79 Å². The standard InChI is InChI=1S/C15H23NO2S/c1-2-16(11-7-12-17)15(18)10-6-13-19-14-8-4-3-5-9-14/h3-5,8-9,17H,2,6-7,10-13H2,1H3. The first-order chi connectivity index (χ1) is 9.27. The Hall–Kier alpha value is -1.00. The molecule has 1 aromatic rings. The van der Waals surface area contributed by atoms with E-state index in [-0.39, 0.29) is 12.5 Å². The lowest BCUT2D eigenvalue weighted by molar-refractivity contribution is -0.131. The number of hydrogen-bond acceptors (Lipinski definition) is 3. The second-order valence-electron chi connectivity index (χ2n) is 4.32. The molecule has 19 heavy (non-hydrogen) atoms. The van der Waals surface area contributed by atoms with Crippen molar-refractivity contribution in [1.29, 1.82) is 0 Å². The van der Waals surface area contributed by atoms with Gasteiger partial charge in [-0.25, -0.2) is 0 Å². The van der Waals surface area contributed by atoms with Crippen molar-refractivity contribution in [3.8, 4) is 0 Å². The molecule has 1 aromatic carbocycles. The lowest BCUT2D eigenvalue weighted by atomic mass is 10.3. The van der Waals surface area contributed by atoms with Crippen molar-refractivity contribution in [3.05, 3.63) is 30.3 Å². The van der Waals surface area contributed by atoms with Crippen molar-refractivity contribution in [1.82, 2.24) is 4.90 Å². The fraction of sp³-hybridized carbons (Fsp3) is 0.533. The van der Waals surface area contributed by atoms with Crippen LogP contribution in [0.4, 0.5) is 0 Å². The molecule has 0 aliphatic heterocycles. The number of benzene rings is 1. The van der Waals surface area contributed by atoms with Crippen LogP contribution in [0.15, 0.2) is 35.2 Å². The predicted molar refractivity (Wildman–Crippen MR) is 80.4 cm³/mol. The van der Waals surface area contributed by atoms with Gasteiger partial charge in [-0.15, -0.1) is 11.8 Å². The molecule has 0 heterocycles. The topological polar surface area (TPSA) is 40.5 Å². The maximum Gasteiger partial charge on any atom is 0.222 e. The molecule has 4 heteroatoms. The summed E-state index contributed by atoms with van der Waals surface area (Å²) in [6.07, 6.45) is 2.16. The first kappa shape index (κ1) is 16.1. The monoisotopic (exact) mass is 281 g/mol. The van der Waals surface area contributed by atoms with E-state index >= 15 is 0 Å². The largest absolute Gasteiger partial charge is 0.396 e. The van der Waals surface area contributed by atoms with Gasteiger partial charge in [0.25, 0.3) is 0 Å². The zero-order chi connectivity index (χ0) is 13.9. The lowest BCUT2D eigenvalue weighted by Crippen LogP contribution is -2.32. The number of nitrogens with zero attached hydrogens (tertiary/aromatic N) is 1. The van der Waals surface area contributed by atoms with Crippen LogP contribution in [0.3, 0.4) is 0 Å². The maximum absolute atomic E-state index is 11.9. The minimum absolute atomic E-state index is 0.146. The Morgan fingerprint density at radius 2 is 2.00 bits per heavy atom. The number of carbonyl (C=O) groups is 1. The molecule has 1 rings (SSSR count). The predicted octanol–water partition coefficient (Wildman–Crippen LogP) is 2.79. The normalized spacial score (nSPS) is 10.4. The van der Waals surface area contributed by atoms with Crippen molar-refractivity contribution in [2.24, 2.45) is 0 Å². The Kier molecular flexibility index (Phi) is 8.34. The summed E-state index contributed by atoms with van der Waals surface area (Å²) >= 11 is 1.79. The first-order valence-electron chi connectivity index (χ1n) is 6.84. The highest BCUT2D eigenvalue weighted by molar-refractivity contribution is 7.99. The molecule has 0 bridgehead atoms. The number of rotatable bonds is 9. The van der Waals surface area contributed by atoms with Gasteiger partial charge in [-0.2, -0.15) is 0 Å². The molecule has 0 spiro atoms. The van der Waals surface area contributed by atoms with Crippen molar-refractivity contribution in [3.63, 3.8) is 0 Å². The van der Waals surface area contributed by atoms with Crippen molar-refractivity contribution < 1.29 is 9.90 Å². The van der Waals surface area contributed by atoms with Crippen LogP contribution in [0, 0.1) is 0 Å². The van der Waals surface area contributed by atoms with Gasteiger partial charge < -0.3 is 10.0 Å².